The number of likely N-dealkylation sites (tertiary alicyclic amines) is 1. The van der Waals surface area contributed by atoms with Gasteiger partial charge in [0.05, 0.1) is 5.69 Å². The molecule has 1 fully saturated rings. The van der Waals surface area contributed by atoms with Crippen LogP contribution in [-0.2, 0) is 17.3 Å². The van der Waals surface area contributed by atoms with Gasteiger partial charge >= 0.3 is 0 Å². The van der Waals surface area contributed by atoms with Crippen molar-refractivity contribution in [3.8, 4) is 0 Å². The van der Waals surface area contributed by atoms with E-state index in [1.165, 1.54) is 0 Å². The van der Waals surface area contributed by atoms with Gasteiger partial charge < -0.3 is 9.88 Å². The predicted molar refractivity (Wildman–Crippen MR) is 110 cm³/mol. The van der Waals surface area contributed by atoms with Crippen LogP contribution in [0.25, 0.3) is 0 Å². The molecule has 0 saturated carbocycles. The number of fused-ring (bicyclic) bond motifs is 2. The van der Waals surface area contributed by atoms with E-state index in [9.17, 15) is 9.59 Å². The molecule has 0 bridgehead atoms. The van der Waals surface area contributed by atoms with Crippen molar-refractivity contribution in [2.45, 2.75) is 57.3 Å². The molecule has 6 heteroatoms. The minimum Gasteiger partial charge on any atom is -0.339 e. The van der Waals surface area contributed by atoms with Crippen LogP contribution in [0.1, 0.15) is 67.5 Å². The first-order valence-electron chi connectivity index (χ1n) is 9.89. The van der Waals surface area contributed by atoms with Gasteiger partial charge in [0, 0.05) is 40.1 Å². The zero-order valence-corrected chi connectivity index (χ0v) is 17.4. The molecule has 4 rings (SSSR count). The Morgan fingerprint density at radius 1 is 1.14 bits per heavy atom. The van der Waals surface area contributed by atoms with E-state index in [4.69, 9.17) is 16.6 Å². The summed E-state index contributed by atoms with van der Waals surface area (Å²) in [6, 6.07) is 7.04. The second-order valence-electron chi connectivity index (χ2n) is 9.07. The van der Waals surface area contributed by atoms with Crippen molar-refractivity contribution in [3.63, 3.8) is 0 Å². The van der Waals surface area contributed by atoms with Crippen LogP contribution in [0.3, 0.4) is 0 Å². The van der Waals surface area contributed by atoms with Crippen LogP contribution < -0.4 is 5.56 Å². The van der Waals surface area contributed by atoms with E-state index in [1.807, 2.05) is 4.90 Å². The van der Waals surface area contributed by atoms with Crippen LogP contribution in [0.15, 0.2) is 29.1 Å². The summed E-state index contributed by atoms with van der Waals surface area (Å²) in [7, 11) is 0. The quantitative estimate of drug-likeness (QED) is 0.792. The van der Waals surface area contributed by atoms with Crippen molar-refractivity contribution in [2.75, 3.05) is 13.1 Å². The number of hydrogen-bond acceptors (Lipinski definition) is 3. The fourth-order valence-electron chi connectivity index (χ4n) is 4.41. The van der Waals surface area contributed by atoms with Gasteiger partial charge in [-0.2, -0.15) is 0 Å². The third-order valence-corrected chi connectivity index (χ3v) is 6.43. The van der Waals surface area contributed by atoms with Gasteiger partial charge in [-0.1, -0.05) is 32.4 Å². The predicted octanol–water partition coefficient (Wildman–Crippen LogP) is 3.84. The summed E-state index contributed by atoms with van der Waals surface area (Å²) in [5.41, 5.74) is 2.19. The molecular weight excluding hydrogens is 374 g/mol. The van der Waals surface area contributed by atoms with E-state index in [0.717, 1.165) is 42.8 Å². The highest BCUT2D eigenvalue weighted by atomic mass is 35.5. The lowest BCUT2D eigenvalue weighted by molar-refractivity contribution is 0.0663. The first-order chi connectivity index (χ1) is 13.2. The zero-order valence-electron chi connectivity index (χ0n) is 16.6. The minimum atomic E-state index is -0.205. The van der Waals surface area contributed by atoms with Crippen molar-refractivity contribution in [3.05, 3.63) is 62.3 Å². The number of nitrogens with zero attached hydrogens (tertiary/aromatic N) is 2. The van der Waals surface area contributed by atoms with Gasteiger partial charge in [0.25, 0.3) is 11.5 Å². The van der Waals surface area contributed by atoms with Crippen LogP contribution >= 0.6 is 11.6 Å². The topological polar surface area (TPSA) is 66.1 Å². The fraction of sp³-hybridized carbons (Fsp3) is 0.500. The van der Waals surface area contributed by atoms with Crippen LogP contribution in [0.5, 0.6) is 0 Å². The Morgan fingerprint density at radius 2 is 1.79 bits per heavy atom. The number of halogens is 1. The first-order valence-corrected chi connectivity index (χ1v) is 10.3. The van der Waals surface area contributed by atoms with Crippen LogP contribution in [0.4, 0.5) is 0 Å². The molecule has 1 aliphatic carbocycles. The highest BCUT2D eigenvalue weighted by Crippen LogP contribution is 2.44. The largest absolute Gasteiger partial charge is 0.339 e. The molecule has 1 N–H and O–H groups in total. The van der Waals surface area contributed by atoms with E-state index in [-0.39, 0.29) is 22.3 Å². The highest BCUT2D eigenvalue weighted by Gasteiger charge is 2.45. The number of aromatic amines is 1. The zero-order chi connectivity index (χ0) is 20.1. The van der Waals surface area contributed by atoms with Gasteiger partial charge in [0.15, 0.2) is 0 Å². The molecule has 1 aromatic heterocycles. The molecule has 1 aromatic carbocycles. The molecule has 28 heavy (non-hydrogen) atoms. The minimum absolute atomic E-state index is 0.00599. The Morgan fingerprint density at radius 3 is 2.39 bits per heavy atom. The summed E-state index contributed by atoms with van der Waals surface area (Å²) in [4.78, 5) is 35.2. The van der Waals surface area contributed by atoms with E-state index in [1.54, 1.807) is 24.3 Å². The number of nitrogens with one attached hydrogen (secondary N) is 1. The number of aromatic nitrogens is 2. The summed E-state index contributed by atoms with van der Waals surface area (Å²) in [5.74, 6) is 0.788. The summed E-state index contributed by atoms with van der Waals surface area (Å²) in [6.45, 7) is 7.55. The molecule has 1 spiro atoms. The lowest BCUT2D eigenvalue weighted by Gasteiger charge is -2.39. The van der Waals surface area contributed by atoms with Crippen molar-refractivity contribution in [1.82, 2.24) is 14.9 Å². The number of rotatable bonds is 1. The second kappa shape index (κ2) is 6.73. The average Bonchev–Trinajstić information content (AvgIpc) is 3.01. The summed E-state index contributed by atoms with van der Waals surface area (Å²) >= 11 is 5.93. The van der Waals surface area contributed by atoms with Gasteiger partial charge in [0.1, 0.15) is 5.82 Å². The molecular formula is C22H26ClN3O2. The lowest BCUT2D eigenvalue weighted by atomic mass is 9.76. The number of carbonyl (C=O) groups is 1. The molecule has 2 aromatic rings. The van der Waals surface area contributed by atoms with Gasteiger partial charge in [-0.15, -0.1) is 0 Å². The maximum absolute atomic E-state index is 12.8. The van der Waals surface area contributed by atoms with Gasteiger partial charge in [0.2, 0.25) is 0 Å². The normalized spacial score (nSPS) is 18.4. The van der Waals surface area contributed by atoms with Crippen LogP contribution in [-0.4, -0.2) is 33.9 Å². The maximum Gasteiger partial charge on any atom is 0.254 e. The average molecular weight is 400 g/mol. The number of piperidine rings is 1. The Bertz CT molecular complexity index is 965. The molecule has 0 atom stereocenters. The van der Waals surface area contributed by atoms with Crippen molar-refractivity contribution in [2.24, 2.45) is 0 Å². The summed E-state index contributed by atoms with van der Waals surface area (Å²) < 4.78 is 0. The van der Waals surface area contributed by atoms with Crippen molar-refractivity contribution >= 4 is 17.5 Å². The molecule has 1 aliphatic heterocycles. The number of hydrogen-bond donors (Lipinski definition) is 1. The molecule has 0 radical (unpaired) electrons. The number of amides is 1. The number of carbonyl (C=O) groups excluding carboxylic acids is 1. The van der Waals surface area contributed by atoms with Gasteiger partial charge in [-0.25, -0.2) is 4.98 Å². The lowest BCUT2D eigenvalue weighted by Crippen LogP contribution is -2.45. The highest BCUT2D eigenvalue weighted by molar-refractivity contribution is 6.30. The monoisotopic (exact) mass is 399 g/mol. The van der Waals surface area contributed by atoms with E-state index in [0.29, 0.717) is 23.7 Å². The molecule has 2 heterocycles. The Hall–Kier alpha value is -2.14. The van der Waals surface area contributed by atoms with Crippen LogP contribution in [0, 0.1) is 0 Å². The first kappa shape index (κ1) is 19.2. The SMILES string of the molecule is CC(C)(C)c1nc2c(c(=O)[nH]1)CCC21CCN(C(=O)c2ccc(Cl)cc2)CC1. The number of H-pyrrole nitrogens is 1. The number of benzene rings is 1. The Kier molecular flexibility index (Phi) is 4.61. The third kappa shape index (κ3) is 3.26. The molecule has 5 nitrogen and oxygen atoms in total. The van der Waals surface area contributed by atoms with Gasteiger partial charge in [-0.3, -0.25) is 9.59 Å². The van der Waals surface area contributed by atoms with E-state index >= 15 is 0 Å². The van der Waals surface area contributed by atoms with Gasteiger partial charge in [-0.05, 0) is 49.9 Å². The van der Waals surface area contributed by atoms with E-state index < -0.39 is 0 Å². The fourth-order valence-corrected chi connectivity index (χ4v) is 4.53. The van der Waals surface area contributed by atoms with Crippen molar-refractivity contribution < 1.29 is 4.79 Å². The molecule has 148 valence electrons. The smallest absolute Gasteiger partial charge is 0.254 e. The molecule has 0 unspecified atom stereocenters. The molecule has 1 amide bonds. The summed E-state index contributed by atoms with van der Waals surface area (Å²) in [6.07, 6.45) is 3.40. The Labute approximate surface area is 170 Å². The molecule has 1 saturated heterocycles. The molecule has 2 aliphatic rings. The standard InChI is InChI=1S/C22H26ClN3O2/c1-21(2,3)20-24-17-16(18(27)25-20)8-9-22(17)10-12-26(13-11-22)19(28)14-4-6-15(23)7-5-14/h4-7H,8-13H2,1-3H3,(H,24,25,27). The maximum atomic E-state index is 12.8. The van der Waals surface area contributed by atoms with Crippen LogP contribution in [0.2, 0.25) is 5.02 Å². The van der Waals surface area contributed by atoms with E-state index in [2.05, 4.69) is 25.8 Å². The second-order valence-corrected chi connectivity index (χ2v) is 9.51. The Balaban J connectivity index is 1.58. The summed E-state index contributed by atoms with van der Waals surface area (Å²) in [5, 5.41) is 0.627. The third-order valence-electron chi connectivity index (χ3n) is 6.18. The van der Waals surface area contributed by atoms with Crippen molar-refractivity contribution in [1.29, 1.82) is 0 Å².